The fourth-order valence-corrected chi connectivity index (χ4v) is 2.92. The van der Waals surface area contributed by atoms with Crippen molar-refractivity contribution in [1.82, 2.24) is 14.6 Å². The van der Waals surface area contributed by atoms with E-state index in [2.05, 4.69) is 14.8 Å². The number of nitrogens with one attached hydrogen (secondary N) is 1. The van der Waals surface area contributed by atoms with Gasteiger partial charge in [-0.25, -0.2) is 0 Å². The Labute approximate surface area is 151 Å². The summed E-state index contributed by atoms with van der Waals surface area (Å²) in [5.74, 6) is -0.503. The largest absolute Gasteiger partial charge is 0.573 e. The zero-order valence-corrected chi connectivity index (χ0v) is 14.7. The summed E-state index contributed by atoms with van der Waals surface area (Å²) >= 11 is 0. The summed E-state index contributed by atoms with van der Waals surface area (Å²) in [5, 5.41) is 13.1. The zero-order valence-electron chi connectivity index (χ0n) is 14.7. The van der Waals surface area contributed by atoms with Gasteiger partial charge in [0.1, 0.15) is 17.4 Å². The Morgan fingerprint density at radius 1 is 1.33 bits per heavy atom. The first-order chi connectivity index (χ1) is 12.6. The van der Waals surface area contributed by atoms with E-state index in [9.17, 15) is 23.2 Å². The maximum Gasteiger partial charge on any atom is 0.573 e. The quantitative estimate of drug-likeness (QED) is 0.752. The van der Waals surface area contributed by atoms with E-state index in [0.29, 0.717) is 16.8 Å². The molecule has 0 fully saturated rings. The number of aromatic amines is 1. The van der Waals surface area contributed by atoms with Crippen molar-refractivity contribution in [3.8, 4) is 23.1 Å². The van der Waals surface area contributed by atoms with Crippen molar-refractivity contribution >= 4 is 5.65 Å². The third-order valence-corrected chi connectivity index (χ3v) is 4.09. The first-order valence-electron chi connectivity index (χ1n) is 8.03. The highest BCUT2D eigenvalue weighted by atomic mass is 19.4. The van der Waals surface area contributed by atoms with Crippen LogP contribution in [-0.4, -0.2) is 21.0 Å². The van der Waals surface area contributed by atoms with Gasteiger partial charge in [-0.05, 0) is 42.2 Å². The number of hydrogen-bond donors (Lipinski definition) is 1. The highest BCUT2D eigenvalue weighted by Gasteiger charge is 2.31. The van der Waals surface area contributed by atoms with Gasteiger partial charge in [-0.15, -0.1) is 13.2 Å². The highest BCUT2D eigenvalue weighted by Crippen LogP contribution is 2.32. The second-order valence-corrected chi connectivity index (χ2v) is 6.33. The van der Waals surface area contributed by atoms with Gasteiger partial charge < -0.3 is 9.72 Å². The smallest absolute Gasteiger partial charge is 0.406 e. The molecule has 0 radical (unpaired) electrons. The number of rotatable bonds is 3. The normalized spacial score (nSPS) is 11.8. The van der Waals surface area contributed by atoms with Gasteiger partial charge in [0, 0.05) is 5.56 Å². The van der Waals surface area contributed by atoms with Crippen LogP contribution in [0.25, 0.3) is 16.9 Å². The molecule has 27 heavy (non-hydrogen) atoms. The molecule has 1 N–H and O–H groups in total. The molecule has 0 bridgehead atoms. The molecular formula is C18H15F3N4O2. The van der Waals surface area contributed by atoms with E-state index in [4.69, 9.17) is 0 Å². The molecule has 0 aliphatic rings. The van der Waals surface area contributed by atoms with E-state index in [1.807, 2.05) is 19.9 Å². The number of ether oxygens (including phenoxy) is 1. The molecule has 0 atom stereocenters. The van der Waals surface area contributed by atoms with Gasteiger partial charge in [0.15, 0.2) is 5.65 Å². The number of benzene rings is 1. The lowest BCUT2D eigenvalue weighted by Gasteiger charge is -2.15. The van der Waals surface area contributed by atoms with Crippen LogP contribution in [0.5, 0.6) is 5.75 Å². The van der Waals surface area contributed by atoms with Crippen LogP contribution in [0.4, 0.5) is 13.2 Å². The molecule has 0 aliphatic carbocycles. The van der Waals surface area contributed by atoms with Crippen molar-refractivity contribution in [3.05, 3.63) is 51.4 Å². The molecule has 0 aliphatic heterocycles. The average molecular weight is 376 g/mol. The third-order valence-electron chi connectivity index (χ3n) is 4.09. The number of halogens is 3. The van der Waals surface area contributed by atoms with Crippen LogP contribution in [0.3, 0.4) is 0 Å². The molecule has 6 nitrogen and oxygen atoms in total. The summed E-state index contributed by atoms with van der Waals surface area (Å²) in [6.45, 7) is 5.13. The molecule has 140 valence electrons. The zero-order chi connectivity index (χ0) is 19.9. The lowest BCUT2D eigenvalue weighted by molar-refractivity contribution is -0.274. The number of alkyl halides is 3. The maximum atomic E-state index is 12.8. The summed E-state index contributed by atoms with van der Waals surface area (Å²) in [5.41, 5.74) is 1.65. The first kappa shape index (κ1) is 18.5. The Morgan fingerprint density at radius 2 is 2.04 bits per heavy atom. The molecular weight excluding hydrogens is 361 g/mol. The van der Waals surface area contributed by atoms with Crippen molar-refractivity contribution in [2.24, 2.45) is 0 Å². The van der Waals surface area contributed by atoms with E-state index in [1.165, 1.54) is 31.3 Å². The fourth-order valence-electron chi connectivity index (χ4n) is 2.92. The molecule has 3 aromatic rings. The van der Waals surface area contributed by atoms with E-state index < -0.39 is 6.36 Å². The van der Waals surface area contributed by atoms with Crippen molar-refractivity contribution in [2.75, 3.05) is 0 Å². The monoisotopic (exact) mass is 376 g/mol. The van der Waals surface area contributed by atoms with Crippen LogP contribution in [-0.2, 0) is 0 Å². The number of hydrogen-bond acceptors (Lipinski definition) is 4. The van der Waals surface area contributed by atoms with Gasteiger partial charge in [-0.3, -0.25) is 4.79 Å². The molecule has 0 saturated carbocycles. The average Bonchev–Trinajstić information content (AvgIpc) is 2.98. The molecule has 9 heteroatoms. The van der Waals surface area contributed by atoms with Gasteiger partial charge in [0.2, 0.25) is 0 Å². The number of nitrogens with zero attached hydrogens (tertiary/aromatic N) is 3. The van der Waals surface area contributed by atoms with E-state index in [0.717, 1.165) is 4.52 Å². The minimum absolute atomic E-state index is 0.186. The summed E-state index contributed by atoms with van der Waals surface area (Å²) in [4.78, 5) is 15.9. The van der Waals surface area contributed by atoms with Crippen molar-refractivity contribution < 1.29 is 17.9 Å². The molecule has 0 saturated heterocycles. The van der Waals surface area contributed by atoms with Crippen LogP contribution >= 0.6 is 0 Å². The molecule has 0 amide bonds. The predicted octanol–water partition coefficient (Wildman–Crippen LogP) is 3.89. The molecule has 2 heterocycles. The highest BCUT2D eigenvalue weighted by molar-refractivity contribution is 5.69. The molecule has 1 aromatic carbocycles. The molecule has 2 aromatic heterocycles. The summed E-state index contributed by atoms with van der Waals surface area (Å²) in [6, 6.07) is 6.08. The molecule has 0 spiro atoms. The summed E-state index contributed by atoms with van der Waals surface area (Å²) < 4.78 is 42.5. The van der Waals surface area contributed by atoms with E-state index in [1.54, 1.807) is 0 Å². The van der Waals surface area contributed by atoms with Gasteiger partial charge >= 0.3 is 6.36 Å². The van der Waals surface area contributed by atoms with Gasteiger partial charge in [0.05, 0.1) is 11.9 Å². The molecule has 0 unspecified atom stereocenters. The van der Waals surface area contributed by atoms with Crippen molar-refractivity contribution in [3.63, 3.8) is 0 Å². The number of aromatic nitrogens is 3. The first-order valence-corrected chi connectivity index (χ1v) is 8.03. The Balaban J connectivity index is 2.24. The number of fused-ring (bicyclic) bond motifs is 1. The standard InChI is InChI=1S/C18H15F3N4O2/c1-9(2)14-15(24-16-12(7-22)8-23-25(16)17(14)26)11-4-5-13(10(3)6-11)27-18(19,20)21/h4-6,8-9,24H,1-3H3. The second-order valence-electron chi connectivity index (χ2n) is 6.33. The molecule has 3 rings (SSSR count). The SMILES string of the molecule is Cc1cc(-c2[nH]c3c(C#N)cnn3c(=O)c2C(C)C)ccc1OC(F)(F)F. The van der Waals surface area contributed by atoms with Gasteiger partial charge in [-0.1, -0.05) is 13.8 Å². The topological polar surface area (TPSA) is 83.2 Å². The van der Waals surface area contributed by atoms with E-state index >= 15 is 0 Å². The van der Waals surface area contributed by atoms with Crippen molar-refractivity contribution in [2.45, 2.75) is 33.1 Å². The Hall–Kier alpha value is -3.28. The van der Waals surface area contributed by atoms with Crippen LogP contribution < -0.4 is 10.3 Å². The lowest BCUT2D eigenvalue weighted by Crippen LogP contribution is -2.22. The van der Waals surface area contributed by atoms with Crippen LogP contribution in [0.15, 0.2) is 29.2 Å². The predicted molar refractivity (Wildman–Crippen MR) is 91.5 cm³/mol. The van der Waals surface area contributed by atoms with Gasteiger partial charge in [0.25, 0.3) is 5.56 Å². The van der Waals surface area contributed by atoms with Crippen LogP contribution in [0, 0.1) is 18.3 Å². The minimum Gasteiger partial charge on any atom is -0.406 e. The Bertz CT molecular complexity index is 1120. The van der Waals surface area contributed by atoms with Crippen LogP contribution in [0.1, 0.15) is 36.5 Å². The maximum absolute atomic E-state index is 12.8. The summed E-state index contributed by atoms with van der Waals surface area (Å²) in [6.07, 6.45) is -3.51. The van der Waals surface area contributed by atoms with Crippen LogP contribution in [0.2, 0.25) is 0 Å². The van der Waals surface area contributed by atoms with E-state index in [-0.39, 0.29) is 34.0 Å². The minimum atomic E-state index is -4.79. The number of aryl methyl sites for hydroxylation is 1. The summed E-state index contributed by atoms with van der Waals surface area (Å²) in [7, 11) is 0. The second kappa shape index (κ2) is 6.46. The number of nitriles is 1. The van der Waals surface area contributed by atoms with Crippen molar-refractivity contribution in [1.29, 1.82) is 5.26 Å². The Kier molecular flexibility index (Phi) is 4.43. The lowest BCUT2D eigenvalue weighted by atomic mass is 9.97. The third kappa shape index (κ3) is 3.38. The van der Waals surface area contributed by atoms with Gasteiger partial charge in [-0.2, -0.15) is 14.9 Å². The fraction of sp³-hybridized carbons (Fsp3) is 0.278. The Morgan fingerprint density at radius 3 is 2.59 bits per heavy atom. The number of H-pyrrole nitrogens is 1.